The summed E-state index contributed by atoms with van der Waals surface area (Å²) in [4.78, 5) is 2.40. The van der Waals surface area contributed by atoms with Gasteiger partial charge in [0.05, 0.1) is 0 Å². The minimum atomic E-state index is -0.221. The summed E-state index contributed by atoms with van der Waals surface area (Å²) in [5.74, 6) is 0.739. The Bertz CT molecular complexity index is 203. The maximum Gasteiger partial charge on any atom is 0.107 e. The van der Waals surface area contributed by atoms with Gasteiger partial charge < -0.3 is 5.11 Å². The van der Waals surface area contributed by atoms with E-state index in [1.54, 1.807) is 0 Å². The molecule has 3 atom stereocenters. The molecule has 1 aliphatic rings. The topological polar surface area (TPSA) is 23.5 Å². The van der Waals surface area contributed by atoms with Crippen molar-refractivity contribution in [3.63, 3.8) is 0 Å². The fourth-order valence-electron chi connectivity index (χ4n) is 3.36. The first kappa shape index (κ1) is 16.0. The van der Waals surface area contributed by atoms with Crippen LogP contribution < -0.4 is 0 Å². The third-order valence-electron chi connectivity index (χ3n) is 4.40. The van der Waals surface area contributed by atoms with E-state index in [1.807, 2.05) is 0 Å². The predicted octanol–water partition coefficient (Wildman–Crippen LogP) is 4.18. The minimum absolute atomic E-state index is 0.221. The van der Waals surface area contributed by atoms with Gasteiger partial charge in [0.25, 0.3) is 0 Å². The number of hydrogen-bond acceptors (Lipinski definition) is 2. The van der Waals surface area contributed by atoms with Gasteiger partial charge in [-0.25, -0.2) is 0 Å². The molecular formula is C16H33NO. The number of hydrogen-bond donors (Lipinski definition) is 1. The molecule has 0 saturated heterocycles. The third kappa shape index (κ3) is 4.89. The van der Waals surface area contributed by atoms with E-state index in [1.165, 1.54) is 38.5 Å². The lowest BCUT2D eigenvalue weighted by atomic mass is 9.86. The van der Waals surface area contributed by atoms with Crippen LogP contribution in [0.1, 0.15) is 78.6 Å². The quantitative estimate of drug-likeness (QED) is 0.720. The van der Waals surface area contributed by atoms with E-state index in [2.05, 4.69) is 25.7 Å². The van der Waals surface area contributed by atoms with Crippen LogP contribution in [0.25, 0.3) is 0 Å². The van der Waals surface area contributed by atoms with E-state index >= 15 is 0 Å². The number of nitrogens with zero attached hydrogens (tertiary/aromatic N) is 1. The average Bonchev–Trinajstić information content (AvgIpc) is 2.33. The fourth-order valence-corrected chi connectivity index (χ4v) is 3.36. The van der Waals surface area contributed by atoms with Gasteiger partial charge in [0.2, 0.25) is 0 Å². The Kier molecular flexibility index (Phi) is 7.92. The Morgan fingerprint density at radius 1 is 1.06 bits per heavy atom. The zero-order valence-electron chi connectivity index (χ0n) is 12.7. The lowest BCUT2D eigenvalue weighted by molar-refractivity contribution is -0.0495. The van der Waals surface area contributed by atoms with Gasteiger partial charge in [-0.1, -0.05) is 52.9 Å². The minimum Gasteiger partial charge on any atom is -0.378 e. The molecule has 0 aromatic carbocycles. The van der Waals surface area contributed by atoms with Crippen LogP contribution in [-0.2, 0) is 0 Å². The Morgan fingerprint density at radius 2 is 1.72 bits per heavy atom. The van der Waals surface area contributed by atoms with Crippen molar-refractivity contribution in [1.29, 1.82) is 0 Å². The van der Waals surface area contributed by atoms with Crippen molar-refractivity contribution >= 4 is 0 Å². The molecule has 0 heterocycles. The summed E-state index contributed by atoms with van der Waals surface area (Å²) >= 11 is 0. The van der Waals surface area contributed by atoms with Gasteiger partial charge in [-0.2, -0.15) is 0 Å². The van der Waals surface area contributed by atoms with Gasteiger partial charge in [0.15, 0.2) is 0 Å². The number of aliphatic hydroxyl groups excluding tert-OH is 1. The number of aliphatic hydroxyl groups is 1. The summed E-state index contributed by atoms with van der Waals surface area (Å²) in [5, 5.41) is 10.4. The summed E-state index contributed by atoms with van der Waals surface area (Å²) in [6.07, 6.45) is 11.0. The Labute approximate surface area is 114 Å². The summed E-state index contributed by atoms with van der Waals surface area (Å²) < 4.78 is 0. The highest BCUT2D eigenvalue weighted by atomic mass is 16.3. The molecule has 1 rings (SSSR count). The molecule has 3 unspecified atom stereocenters. The second-order valence-corrected chi connectivity index (χ2v) is 6.04. The van der Waals surface area contributed by atoms with Gasteiger partial charge >= 0.3 is 0 Å². The molecule has 0 spiro atoms. The first-order valence-corrected chi connectivity index (χ1v) is 8.14. The Balaban J connectivity index is 2.66. The van der Waals surface area contributed by atoms with Crippen molar-refractivity contribution in [1.82, 2.24) is 4.90 Å². The maximum absolute atomic E-state index is 10.4. The largest absolute Gasteiger partial charge is 0.378 e. The van der Waals surface area contributed by atoms with Crippen LogP contribution in [0, 0.1) is 5.92 Å². The molecule has 0 aromatic rings. The Morgan fingerprint density at radius 3 is 2.33 bits per heavy atom. The van der Waals surface area contributed by atoms with Crippen LogP contribution in [0.3, 0.4) is 0 Å². The SMILES string of the molecule is CCCC(O)N(CCC)C1CCCCCCC1C. The van der Waals surface area contributed by atoms with Crippen molar-refractivity contribution in [3.05, 3.63) is 0 Å². The predicted molar refractivity (Wildman–Crippen MR) is 78.6 cm³/mol. The molecule has 1 aliphatic carbocycles. The standard InChI is InChI=1S/C16H33NO/c1-4-10-16(18)17(13-5-2)15-12-9-7-6-8-11-14(15)3/h14-16,18H,4-13H2,1-3H3. The monoisotopic (exact) mass is 255 g/mol. The van der Waals surface area contributed by atoms with E-state index in [9.17, 15) is 5.11 Å². The first-order chi connectivity index (χ1) is 8.70. The van der Waals surface area contributed by atoms with E-state index in [4.69, 9.17) is 0 Å². The summed E-state index contributed by atoms with van der Waals surface area (Å²) in [7, 11) is 0. The second kappa shape index (κ2) is 8.92. The molecule has 2 nitrogen and oxygen atoms in total. The van der Waals surface area contributed by atoms with Crippen LogP contribution in [-0.4, -0.2) is 28.8 Å². The molecule has 0 bridgehead atoms. The van der Waals surface area contributed by atoms with Crippen molar-refractivity contribution in [2.45, 2.75) is 90.8 Å². The zero-order chi connectivity index (χ0) is 13.4. The van der Waals surface area contributed by atoms with Crippen LogP contribution in [0.15, 0.2) is 0 Å². The molecule has 0 aliphatic heterocycles. The fraction of sp³-hybridized carbons (Fsp3) is 1.00. The van der Waals surface area contributed by atoms with Crippen molar-refractivity contribution < 1.29 is 5.11 Å². The van der Waals surface area contributed by atoms with Crippen LogP contribution in [0.5, 0.6) is 0 Å². The highest BCUT2D eigenvalue weighted by Crippen LogP contribution is 2.28. The molecule has 0 radical (unpaired) electrons. The zero-order valence-corrected chi connectivity index (χ0v) is 12.7. The molecule has 18 heavy (non-hydrogen) atoms. The normalized spacial score (nSPS) is 27.8. The van der Waals surface area contributed by atoms with E-state index < -0.39 is 0 Å². The Hall–Kier alpha value is -0.0800. The van der Waals surface area contributed by atoms with Crippen LogP contribution >= 0.6 is 0 Å². The van der Waals surface area contributed by atoms with Crippen molar-refractivity contribution in [3.8, 4) is 0 Å². The highest BCUT2D eigenvalue weighted by Gasteiger charge is 2.28. The second-order valence-electron chi connectivity index (χ2n) is 6.04. The van der Waals surface area contributed by atoms with Gasteiger partial charge in [0, 0.05) is 12.6 Å². The summed E-state index contributed by atoms with van der Waals surface area (Å²) in [6, 6.07) is 0.604. The maximum atomic E-state index is 10.4. The van der Waals surface area contributed by atoms with Gasteiger partial charge in [0.1, 0.15) is 6.23 Å². The summed E-state index contributed by atoms with van der Waals surface area (Å²) in [5.41, 5.74) is 0. The molecule has 0 aromatic heterocycles. The van der Waals surface area contributed by atoms with E-state index in [-0.39, 0.29) is 6.23 Å². The number of rotatable bonds is 6. The first-order valence-electron chi connectivity index (χ1n) is 8.14. The lowest BCUT2D eigenvalue weighted by Gasteiger charge is -2.40. The molecule has 1 N–H and O–H groups in total. The van der Waals surface area contributed by atoms with Gasteiger partial charge in [-0.05, 0) is 31.6 Å². The molecular weight excluding hydrogens is 222 g/mol. The third-order valence-corrected chi connectivity index (χ3v) is 4.40. The van der Waals surface area contributed by atoms with Crippen molar-refractivity contribution in [2.24, 2.45) is 5.92 Å². The summed E-state index contributed by atoms with van der Waals surface area (Å²) in [6.45, 7) is 7.82. The van der Waals surface area contributed by atoms with Crippen molar-refractivity contribution in [2.75, 3.05) is 6.54 Å². The van der Waals surface area contributed by atoms with E-state index in [0.717, 1.165) is 31.7 Å². The smallest absolute Gasteiger partial charge is 0.107 e. The van der Waals surface area contributed by atoms with Crippen LogP contribution in [0.2, 0.25) is 0 Å². The molecule has 108 valence electrons. The highest BCUT2D eigenvalue weighted by molar-refractivity contribution is 4.80. The lowest BCUT2D eigenvalue weighted by Crippen LogP contribution is -2.47. The van der Waals surface area contributed by atoms with E-state index in [0.29, 0.717) is 6.04 Å². The van der Waals surface area contributed by atoms with Gasteiger partial charge in [-0.15, -0.1) is 0 Å². The molecule has 0 amide bonds. The molecule has 1 fully saturated rings. The van der Waals surface area contributed by atoms with Gasteiger partial charge in [-0.3, -0.25) is 4.90 Å². The molecule has 1 saturated carbocycles. The average molecular weight is 255 g/mol. The molecule has 2 heteroatoms. The van der Waals surface area contributed by atoms with Crippen LogP contribution in [0.4, 0.5) is 0 Å².